The van der Waals surface area contributed by atoms with Crippen LogP contribution in [0, 0.1) is 0 Å². The van der Waals surface area contributed by atoms with Crippen molar-refractivity contribution in [2.75, 3.05) is 6.54 Å². The van der Waals surface area contributed by atoms with Gasteiger partial charge in [0.2, 0.25) is 0 Å². The van der Waals surface area contributed by atoms with E-state index in [-0.39, 0.29) is 17.9 Å². The number of nitrogens with one attached hydrogen (secondary N) is 1. The number of hydrogen-bond donors (Lipinski definition) is 1. The van der Waals surface area contributed by atoms with E-state index in [1.165, 1.54) is 5.56 Å². The lowest BCUT2D eigenvalue weighted by Gasteiger charge is -2.38. The minimum absolute atomic E-state index is 0.155. The molecule has 1 N–H and O–H groups in total. The van der Waals surface area contributed by atoms with Crippen LogP contribution >= 0.6 is 0 Å². The second-order valence-electron chi connectivity index (χ2n) is 5.44. The molecular weight excluding hydrogens is 214 g/mol. The van der Waals surface area contributed by atoms with Crippen molar-refractivity contribution in [1.29, 1.82) is 0 Å². The number of esters is 1. The van der Waals surface area contributed by atoms with Crippen molar-refractivity contribution in [3.8, 4) is 0 Å². The Bertz CT molecular complexity index is 394. The van der Waals surface area contributed by atoms with Crippen LogP contribution in [0.4, 0.5) is 0 Å². The first-order valence-electron chi connectivity index (χ1n) is 5.98. The third-order valence-electron chi connectivity index (χ3n) is 2.85. The fourth-order valence-corrected chi connectivity index (χ4v) is 1.98. The van der Waals surface area contributed by atoms with Gasteiger partial charge < -0.3 is 10.1 Å². The molecule has 1 saturated heterocycles. The molecule has 3 heteroatoms. The van der Waals surface area contributed by atoms with Gasteiger partial charge in [0.25, 0.3) is 0 Å². The maximum atomic E-state index is 11.9. The van der Waals surface area contributed by atoms with E-state index in [4.69, 9.17) is 4.74 Å². The molecule has 0 spiro atoms. The number of carbonyl (C=O) groups is 1. The summed E-state index contributed by atoms with van der Waals surface area (Å²) in [5.41, 5.74) is 0.775. The van der Waals surface area contributed by atoms with Gasteiger partial charge in [0.15, 0.2) is 0 Å². The lowest BCUT2D eigenvalue weighted by Crippen LogP contribution is -2.57. The van der Waals surface area contributed by atoms with Crippen LogP contribution in [0.15, 0.2) is 30.3 Å². The highest BCUT2D eigenvalue weighted by atomic mass is 16.6. The van der Waals surface area contributed by atoms with E-state index in [0.29, 0.717) is 0 Å². The highest BCUT2D eigenvalue weighted by molar-refractivity contribution is 5.79. The van der Waals surface area contributed by atoms with Crippen LogP contribution < -0.4 is 5.32 Å². The summed E-state index contributed by atoms with van der Waals surface area (Å²) in [5, 5.41) is 3.14. The highest BCUT2D eigenvalue weighted by Crippen LogP contribution is 2.27. The van der Waals surface area contributed by atoms with Crippen molar-refractivity contribution in [2.45, 2.75) is 38.3 Å². The number of rotatable bonds is 2. The molecule has 1 aliphatic rings. The molecule has 0 radical (unpaired) electrons. The third kappa shape index (κ3) is 2.86. The number of hydrogen-bond acceptors (Lipinski definition) is 3. The smallest absolute Gasteiger partial charge is 0.324 e. The zero-order valence-corrected chi connectivity index (χ0v) is 10.6. The maximum Gasteiger partial charge on any atom is 0.324 e. The van der Waals surface area contributed by atoms with Gasteiger partial charge in [-0.05, 0) is 26.3 Å². The van der Waals surface area contributed by atoms with Gasteiger partial charge in [0.05, 0.1) is 0 Å². The highest BCUT2D eigenvalue weighted by Gasteiger charge is 2.39. The molecule has 1 aromatic rings. The van der Waals surface area contributed by atoms with Crippen molar-refractivity contribution >= 4 is 5.97 Å². The first-order chi connectivity index (χ1) is 7.97. The number of ether oxygens (including phenoxy) is 1. The SMILES string of the molecule is CC(C)(C)OC(=O)C1NCC1c1ccccc1. The van der Waals surface area contributed by atoms with Crippen molar-refractivity contribution in [2.24, 2.45) is 0 Å². The molecule has 1 fully saturated rings. The molecule has 1 aromatic carbocycles. The minimum Gasteiger partial charge on any atom is -0.459 e. The average molecular weight is 233 g/mol. The van der Waals surface area contributed by atoms with E-state index in [0.717, 1.165) is 6.54 Å². The van der Waals surface area contributed by atoms with Crippen LogP contribution in [0.25, 0.3) is 0 Å². The second kappa shape index (κ2) is 4.49. The third-order valence-corrected chi connectivity index (χ3v) is 2.85. The molecule has 1 heterocycles. The summed E-state index contributed by atoms with van der Waals surface area (Å²) >= 11 is 0. The van der Waals surface area contributed by atoms with Crippen molar-refractivity contribution in [3.05, 3.63) is 35.9 Å². The number of carbonyl (C=O) groups excluding carboxylic acids is 1. The summed E-state index contributed by atoms with van der Waals surface area (Å²) in [6, 6.07) is 9.90. The summed E-state index contributed by atoms with van der Waals surface area (Å²) in [7, 11) is 0. The maximum absolute atomic E-state index is 11.9. The lowest BCUT2D eigenvalue weighted by molar-refractivity contribution is -0.160. The molecule has 17 heavy (non-hydrogen) atoms. The van der Waals surface area contributed by atoms with Crippen LogP contribution in [0.5, 0.6) is 0 Å². The summed E-state index contributed by atoms with van der Waals surface area (Å²) in [6.07, 6.45) is 0. The summed E-state index contributed by atoms with van der Waals surface area (Å²) in [6.45, 7) is 6.51. The van der Waals surface area contributed by atoms with E-state index in [2.05, 4.69) is 17.4 Å². The van der Waals surface area contributed by atoms with Crippen LogP contribution in [0.2, 0.25) is 0 Å². The van der Waals surface area contributed by atoms with Crippen molar-refractivity contribution in [1.82, 2.24) is 5.32 Å². The van der Waals surface area contributed by atoms with Crippen molar-refractivity contribution in [3.63, 3.8) is 0 Å². The Labute approximate surface area is 102 Å². The Morgan fingerprint density at radius 2 is 1.94 bits per heavy atom. The first-order valence-corrected chi connectivity index (χ1v) is 5.98. The van der Waals surface area contributed by atoms with Crippen LogP contribution in [-0.2, 0) is 9.53 Å². The molecule has 0 amide bonds. The normalized spacial score (nSPS) is 23.9. The lowest BCUT2D eigenvalue weighted by atomic mass is 9.85. The summed E-state index contributed by atoms with van der Waals surface area (Å²) in [4.78, 5) is 11.9. The molecule has 92 valence electrons. The Morgan fingerprint density at radius 3 is 2.41 bits per heavy atom. The molecule has 3 nitrogen and oxygen atoms in total. The Hall–Kier alpha value is -1.35. The molecule has 0 aromatic heterocycles. The van der Waals surface area contributed by atoms with Gasteiger partial charge in [0, 0.05) is 12.5 Å². The van der Waals surface area contributed by atoms with Gasteiger partial charge in [-0.1, -0.05) is 30.3 Å². The molecule has 2 atom stereocenters. The standard InChI is InChI=1S/C14H19NO2/c1-14(2,3)17-13(16)12-11(9-15-12)10-7-5-4-6-8-10/h4-8,11-12,15H,9H2,1-3H3. The summed E-state index contributed by atoms with van der Waals surface area (Å²) < 4.78 is 5.39. The van der Waals surface area contributed by atoms with Crippen LogP contribution in [0.3, 0.4) is 0 Å². The van der Waals surface area contributed by atoms with E-state index in [1.54, 1.807) is 0 Å². The Kier molecular flexibility index (Phi) is 3.20. The molecule has 2 unspecified atom stereocenters. The van der Waals surface area contributed by atoms with Gasteiger partial charge >= 0.3 is 5.97 Å². The topological polar surface area (TPSA) is 38.3 Å². The Balaban J connectivity index is 2.02. The molecular formula is C14H19NO2. The van der Waals surface area contributed by atoms with Crippen LogP contribution in [0.1, 0.15) is 32.3 Å². The summed E-state index contributed by atoms with van der Waals surface area (Å²) in [5.74, 6) is 0.0867. The molecule has 2 rings (SSSR count). The minimum atomic E-state index is -0.421. The fraction of sp³-hybridized carbons (Fsp3) is 0.500. The van der Waals surface area contributed by atoms with Gasteiger partial charge in [-0.2, -0.15) is 0 Å². The zero-order chi connectivity index (χ0) is 12.5. The van der Waals surface area contributed by atoms with E-state index in [9.17, 15) is 4.79 Å². The fourth-order valence-electron chi connectivity index (χ4n) is 1.98. The van der Waals surface area contributed by atoms with E-state index >= 15 is 0 Å². The van der Waals surface area contributed by atoms with Gasteiger partial charge in [0.1, 0.15) is 11.6 Å². The largest absolute Gasteiger partial charge is 0.459 e. The van der Waals surface area contributed by atoms with E-state index < -0.39 is 5.60 Å². The first kappa shape index (κ1) is 12.1. The van der Waals surface area contributed by atoms with Gasteiger partial charge in [-0.25, -0.2) is 0 Å². The molecule has 0 bridgehead atoms. The molecule has 1 aliphatic heterocycles. The van der Waals surface area contributed by atoms with E-state index in [1.807, 2.05) is 39.0 Å². The zero-order valence-electron chi connectivity index (χ0n) is 10.6. The van der Waals surface area contributed by atoms with Crippen LogP contribution in [-0.4, -0.2) is 24.2 Å². The van der Waals surface area contributed by atoms with Gasteiger partial charge in [-0.15, -0.1) is 0 Å². The van der Waals surface area contributed by atoms with Gasteiger partial charge in [-0.3, -0.25) is 4.79 Å². The second-order valence-corrected chi connectivity index (χ2v) is 5.44. The molecule has 0 saturated carbocycles. The van der Waals surface area contributed by atoms with Crippen molar-refractivity contribution < 1.29 is 9.53 Å². The number of benzene rings is 1. The predicted molar refractivity (Wildman–Crippen MR) is 66.8 cm³/mol. The quantitative estimate of drug-likeness (QED) is 0.795. The Morgan fingerprint density at radius 1 is 1.29 bits per heavy atom. The predicted octanol–water partition coefficient (Wildman–Crippen LogP) is 2.08. The molecule has 0 aliphatic carbocycles. The monoisotopic (exact) mass is 233 g/mol. The average Bonchev–Trinajstić information content (AvgIpc) is 2.14.